The van der Waals surface area contributed by atoms with Gasteiger partial charge >= 0.3 is 0 Å². The minimum absolute atomic E-state index is 0.226. The van der Waals surface area contributed by atoms with Crippen molar-refractivity contribution >= 4 is 11.6 Å². The van der Waals surface area contributed by atoms with Gasteiger partial charge in [-0.3, -0.25) is 0 Å². The molecule has 1 saturated heterocycles. The third-order valence-corrected chi connectivity index (χ3v) is 3.72. The van der Waals surface area contributed by atoms with Crippen LogP contribution < -0.4 is 5.32 Å². The molecule has 1 aliphatic heterocycles. The Kier molecular flexibility index (Phi) is 4.98. The average molecular weight is 271 g/mol. The second-order valence-corrected chi connectivity index (χ2v) is 5.57. The Morgan fingerprint density at radius 2 is 2.33 bits per heavy atom. The molecule has 1 unspecified atom stereocenters. The second-order valence-electron chi connectivity index (χ2n) is 5.14. The number of hydrogen-bond acceptors (Lipinski definition) is 2. The summed E-state index contributed by atoms with van der Waals surface area (Å²) in [6.07, 6.45) is 2.53. The summed E-state index contributed by atoms with van der Waals surface area (Å²) in [5.74, 6) is 0.454. The van der Waals surface area contributed by atoms with Crippen molar-refractivity contribution in [3.8, 4) is 0 Å². The molecule has 1 aliphatic rings. The Morgan fingerprint density at radius 1 is 1.50 bits per heavy atom. The van der Waals surface area contributed by atoms with Gasteiger partial charge in [0.2, 0.25) is 0 Å². The lowest BCUT2D eigenvalue weighted by atomic mass is 9.98. The Hall–Kier alpha value is -0.640. The number of benzene rings is 1. The molecule has 18 heavy (non-hydrogen) atoms. The highest BCUT2D eigenvalue weighted by Gasteiger charge is 2.16. The molecule has 1 heterocycles. The van der Waals surface area contributed by atoms with Crippen LogP contribution in [-0.2, 0) is 6.54 Å². The molecule has 1 aromatic rings. The zero-order chi connectivity index (χ0) is 13.0. The predicted molar refractivity (Wildman–Crippen MR) is 73.3 cm³/mol. The largest absolute Gasteiger partial charge is 0.312 e. The van der Waals surface area contributed by atoms with Crippen LogP contribution in [0.4, 0.5) is 4.39 Å². The standard InChI is InChI=1S/C14H20ClFN2/c1-18-6-2-3-11(10-18)8-17-9-12-4-5-13(15)7-14(12)16/h4-5,7,11,17H,2-3,6,8-10H2,1H3. The first kappa shape index (κ1) is 13.8. The summed E-state index contributed by atoms with van der Waals surface area (Å²) in [4.78, 5) is 2.36. The van der Waals surface area contributed by atoms with Crippen molar-refractivity contribution in [3.63, 3.8) is 0 Å². The first-order valence-electron chi connectivity index (χ1n) is 6.48. The van der Waals surface area contributed by atoms with E-state index in [9.17, 15) is 4.39 Å². The normalized spacial score (nSPS) is 21.2. The van der Waals surface area contributed by atoms with Crippen molar-refractivity contribution < 1.29 is 4.39 Å². The molecular weight excluding hydrogens is 251 g/mol. The number of rotatable bonds is 4. The number of likely N-dealkylation sites (tertiary alicyclic amines) is 1. The summed E-state index contributed by atoms with van der Waals surface area (Å²) in [6, 6.07) is 4.85. The summed E-state index contributed by atoms with van der Waals surface area (Å²) in [5.41, 5.74) is 0.684. The fourth-order valence-electron chi connectivity index (χ4n) is 2.52. The molecule has 2 nitrogen and oxygen atoms in total. The van der Waals surface area contributed by atoms with Crippen molar-refractivity contribution in [2.24, 2.45) is 5.92 Å². The minimum atomic E-state index is -0.226. The van der Waals surface area contributed by atoms with Gasteiger partial charge in [-0.25, -0.2) is 4.39 Å². The van der Waals surface area contributed by atoms with Crippen molar-refractivity contribution in [2.75, 3.05) is 26.7 Å². The average Bonchev–Trinajstić information content (AvgIpc) is 2.32. The Bertz CT molecular complexity index is 397. The maximum Gasteiger partial charge on any atom is 0.129 e. The maximum atomic E-state index is 13.5. The van der Waals surface area contributed by atoms with Gasteiger partial charge in [-0.1, -0.05) is 17.7 Å². The van der Waals surface area contributed by atoms with E-state index in [0.717, 1.165) is 13.1 Å². The molecule has 2 rings (SSSR count). The Labute approximate surface area is 113 Å². The zero-order valence-electron chi connectivity index (χ0n) is 10.8. The number of hydrogen-bond donors (Lipinski definition) is 1. The lowest BCUT2D eigenvalue weighted by molar-refractivity contribution is 0.206. The van der Waals surface area contributed by atoms with Crippen LogP contribution in [0.1, 0.15) is 18.4 Å². The first-order valence-corrected chi connectivity index (χ1v) is 6.86. The van der Waals surface area contributed by atoms with Gasteiger partial charge in [-0.05, 0) is 51.0 Å². The number of nitrogens with zero attached hydrogens (tertiary/aromatic N) is 1. The highest BCUT2D eigenvalue weighted by molar-refractivity contribution is 6.30. The molecular formula is C14H20ClFN2. The van der Waals surface area contributed by atoms with Crippen LogP contribution in [-0.4, -0.2) is 31.6 Å². The lowest BCUT2D eigenvalue weighted by Gasteiger charge is -2.29. The predicted octanol–water partition coefficient (Wildman–Crippen LogP) is 2.91. The van der Waals surface area contributed by atoms with Crippen molar-refractivity contribution in [1.29, 1.82) is 0 Å². The van der Waals surface area contributed by atoms with Crippen LogP contribution in [0.3, 0.4) is 0 Å². The van der Waals surface area contributed by atoms with Crippen molar-refractivity contribution in [1.82, 2.24) is 10.2 Å². The van der Waals surface area contributed by atoms with E-state index in [1.165, 1.54) is 25.5 Å². The lowest BCUT2D eigenvalue weighted by Crippen LogP contribution is -2.37. The topological polar surface area (TPSA) is 15.3 Å². The van der Waals surface area contributed by atoms with Gasteiger partial charge in [0, 0.05) is 23.7 Å². The number of halogens is 2. The summed E-state index contributed by atoms with van der Waals surface area (Å²) >= 11 is 5.72. The quantitative estimate of drug-likeness (QED) is 0.905. The van der Waals surface area contributed by atoms with E-state index in [2.05, 4.69) is 17.3 Å². The van der Waals surface area contributed by atoms with E-state index in [1.54, 1.807) is 12.1 Å². The summed E-state index contributed by atoms with van der Waals surface area (Å²) < 4.78 is 13.5. The monoisotopic (exact) mass is 270 g/mol. The molecule has 0 amide bonds. The molecule has 0 aliphatic carbocycles. The van der Waals surface area contributed by atoms with Crippen LogP contribution >= 0.6 is 11.6 Å². The van der Waals surface area contributed by atoms with E-state index >= 15 is 0 Å². The van der Waals surface area contributed by atoms with E-state index in [0.29, 0.717) is 23.0 Å². The van der Waals surface area contributed by atoms with Crippen LogP contribution in [0.2, 0.25) is 5.02 Å². The fraction of sp³-hybridized carbons (Fsp3) is 0.571. The van der Waals surface area contributed by atoms with E-state index < -0.39 is 0 Å². The highest BCUT2D eigenvalue weighted by Crippen LogP contribution is 2.16. The number of piperidine rings is 1. The first-order chi connectivity index (χ1) is 8.65. The van der Waals surface area contributed by atoms with Gasteiger partial charge in [0.05, 0.1) is 0 Å². The smallest absolute Gasteiger partial charge is 0.129 e. The Balaban J connectivity index is 1.77. The molecule has 1 atom stereocenters. The van der Waals surface area contributed by atoms with E-state index in [-0.39, 0.29) is 5.82 Å². The molecule has 0 aromatic heterocycles. The molecule has 100 valence electrons. The molecule has 1 aromatic carbocycles. The van der Waals surface area contributed by atoms with Gasteiger partial charge < -0.3 is 10.2 Å². The molecule has 0 bridgehead atoms. The molecule has 1 N–H and O–H groups in total. The van der Waals surface area contributed by atoms with Crippen LogP contribution in [0, 0.1) is 11.7 Å². The highest BCUT2D eigenvalue weighted by atomic mass is 35.5. The zero-order valence-corrected chi connectivity index (χ0v) is 11.5. The molecule has 4 heteroatoms. The van der Waals surface area contributed by atoms with Crippen LogP contribution in [0.25, 0.3) is 0 Å². The van der Waals surface area contributed by atoms with E-state index in [1.807, 2.05) is 0 Å². The van der Waals surface area contributed by atoms with E-state index in [4.69, 9.17) is 11.6 Å². The van der Waals surface area contributed by atoms with Gasteiger partial charge in [-0.2, -0.15) is 0 Å². The fourth-order valence-corrected chi connectivity index (χ4v) is 2.67. The SMILES string of the molecule is CN1CCCC(CNCc2ccc(Cl)cc2F)C1. The molecule has 1 fully saturated rings. The molecule has 0 radical (unpaired) electrons. The minimum Gasteiger partial charge on any atom is -0.312 e. The van der Waals surface area contributed by atoms with Gasteiger partial charge in [0.25, 0.3) is 0 Å². The third kappa shape index (κ3) is 3.94. The molecule has 0 saturated carbocycles. The van der Waals surface area contributed by atoms with Gasteiger partial charge in [0.15, 0.2) is 0 Å². The van der Waals surface area contributed by atoms with Gasteiger partial charge in [-0.15, -0.1) is 0 Å². The van der Waals surface area contributed by atoms with Gasteiger partial charge in [0.1, 0.15) is 5.82 Å². The van der Waals surface area contributed by atoms with Crippen LogP contribution in [0.5, 0.6) is 0 Å². The summed E-state index contributed by atoms with van der Waals surface area (Å²) in [7, 11) is 2.16. The molecule has 0 spiro atoms. The van der Waals surface area contributed by atoms with Crippen LogP contribution in [0.15, 0.2) is 18.2 Å². The van der Waals surface area contributed by atoms with Crippen molar-refractivity contribution in [3.05, 3.63) is 34.6 Å². The third-order valence-electron chi connectivity index (χ3n) is 3.49. The Morgan fingerprint density at radius 3 is 3.06 bits per heavy atom. The summed E-state index contributed by atoms with van der Waals surface area (Å²) in [5, 5.41) is 3.79. The second kappa shape index (κ2) is 6.50. The summed E-state index contributed by atoms with van der Waals surface area (Å²) in [6.45, 7) is 3.86. The maximum absolute atomic E-state index is 13.5. The van der Waals surface area contributed by atoms with Crippen molar-refractivity contribution in [2.45, 2.75) is 19.4 Å². The number of nitrogens with one attached hydrogen (secondary N) is 1.